The number of anilines is 1. The molecule has 2 aliphatic rings. The Balaban J connectivity index is 0.824. The van der Waals surface area contributed by atoms with Crippen LogP contribution >= 0.6 is 34.5 Å². The number of rotatable bonds is 20. The molecule has 5 heterocycles. The van der Waals surface area contributed by atoms with Gasteiger partial charge in [-0.2, -0.15) is 5.10 Å². The lowest BCUT2D eigenvalue weighted by atomic mass is 9.99. The van der Waals surface area contributed by atoms with E-state index in [1.54, 1.807) is 39.1 Å². The first-order valence-electron chi connectivity index (χ1n) is 20.0. The molecule has 0 saturated carbocycles. The van der Waals surface area contributed by atoms with E-state index < -0.39 is 6.61 Å². The maximum absolute atomic E-state index is 12.8. The van der Waals surface area contributed by atoms with E-state index in [9.17, 15) is 29.1 Å². The Morgan fingerprint density at radius 3 is 2.54 bits per heavy atom. The third kappa shape index (κ3) is 12.2. The number of hydrogen-bond acceptors (Lipinski definition) is 11. The molecule has 0 radical (unpaired) electrons. The summed E-state index contributed by atoms with van der Waals surface area (Å²) in [7, 11) is 3.84. The van der Waals surface area contributed by atoms with E-state index in [0.717, 1.165) is 26.5 Å². The molecule has 0 aliphatic carbocycles. The SMILES string of the molecule is CN(C)C/C=C/C(=O)N1CCN(c2ccc(CCNC(=O)CCOCCOCCNC(=O)Cn3ccc(-c4cc(Cl)c(Cl)c5[nH]c6c(c45)CN(C(=O)CO)CC6)n3)s2)C(=O)C1. The summed E-state index contributed by atoms with van der Waals surface area (Å²) in [6.45, 7) is 3.65. The highest BCUT2D eigenvalue weighted by Crippen LogP contribution is 2.42. The van der Waals surface area contributed by atoms with Gasteiger partial charge >= 0.3 is 0 Å². The molecule has 0 unspecified atom stereocenters. The van der Waals surface area contributed by atoms with Gasteiger partial charge in [-0.25, -0.2) is 0 Å². The van der Waals surface area contributed by atoms with Crippen LogP contribution in [0.2, 0.25) is 10.0 Å². The summed E-state index contributed by atoms with van der Waals surface area (Å²) in [5, 5.41) is 22.1. The number of nitrogens with zero attached hydrogens (tertiary/aromatic N) is 6. The number of benzene rings is 1. The fourth-order valence-electron chi connectivity index (χ4n) is 7.02. The first-order valence-corrected chi connectivity index (χ1v) is 21.6. The minimum Gasteiger partial charge on any atom is -0.387 e. The van der Waals surface area contributed by atoms with E-state index in [2.05, 4.69) is 20.7 Å². The molecule has 17 nitrogen and oxygen atoms in total. The molecule has 0 atom stereocenters. The Hall–Kier alpha value is -4.82. The Bertz CT molecular complexity index is 2240. The molecule has 0 bridgehead atoms. The van der Waals surface area contributed by atoms with Crippen molar-refractivity contribution < 1.29 is 38.6 Å². The van der Waals surface area contributed by atoms with Crippen molar-refractivity contribution in [1.29, 1.82) is 0 Å². The van der Waals surface area contributed by atoms with Crippen molar-refractivity contribution in [3.63, 3.8) is 0 Å². The zero-order valence-corrected chi connectivity index (χ0v) is 36.5. The highest BCUT2D eigenvalue weighted by Gasteiger charge is 2.29. The molecule has 20 heteroatoms. The van der Waals surface area contributed by atoms with Crippen LogP contribution < -0.4 is 15.5 Å². The third-order valence-electron chi connectivity index (χ3n) is 10.1. The predicted octanol–water partition coefficient (Wildman–Crippen LogP) is 2.47. The van der Waals surface area contributed by atoms with Crippen molar-refractivity contribution in [3.8, 4) is 11.3 Å². The number of halogens is 2. The second-order valence-electron chi connectivity index (χ2n) is 14.8. The fourth-order valence-corrected chi connectivity index (χ4v) is 8.47. The highest BCUT2D eigenvalue weighted by molar-refractivity contribution is 7.16. The number of hydrogen-bond donors (Lipinski definition) is 4. The van der Waals surface area contributed by atoms with Crippen LogP contribution in [0.4, 0.5) is 5.00 Å². The van der Waals surface area contributed by atoms with Gasteiger partial charge in [0.2, 0.25) is 29.5 Å². The molecule has 1 aromatic carbocycles. The van der Waals surface area contributed by atoms with Gasteiger partial charge in [0, 0.05) is 98.0 Å². The number of nitrogens with one attached hydrogen (secondary N) is 3. The summed E-state index contributed by atoms with van der Waals surface area (Å²) in [6.07, 6.45) is 6.41. The number of aliphatic hydroxyl groups excluding tert-OH is 1. The first kappa shape index (κ1) is 45.7. The molecular weight excluding hydrogens is 849 g/mol. The molecule has 4 aromatic rings. The molecule has 328 valence electrons. The molecule has 4 N–H and O–H groups in total. The Morgan fingerprint density at radius 2 is 1.77 bits per heavy atom. The average molecular weight is 901 g/mol. The van der Waals surface area contributed by atoms with Crippen LogP contribution in [-0.2, 0) is 59.4 Å². The van der Waals surface area contributed by atoms with Crippen LogP contribution in [0.1, 0.15) is 22.6 Å². The van der Waals surface area contributed by atoms with Gasteiger partial charge in [0.25, 0.3) is 0 Å². The predicted molar refractivity (Wildman–Crippen MR) is 233 cm³/mol. The molecule has 3 aromatic heterocycles. The standard InChI is InChI=1S/C41H51Cl2N9O8S/c1-48(2)13-3-4-35(56)50-16-17-52(36(57)25-50)38-6-5-27(61-38)7-11-44-33(54)10-18-59-20-21-60-19-12-45-34(55)24-51-15-9-32(47-51)28-22-30(42)40(43)41-39(28)29-23-49(37(58)26-53)14-8-31(29)46-41/h3-6,9,15,22,46,53H,7-8,10-14,16-21,23-26H2,1-2H3,(H,44,54)(H,45,55)/b4-3+. The number of carbonyl (C=O) groups is 5. The summed E-state index contributed by atoms with van der Waals surface area (Å²) in [6, 6.07) is 7.38. The number of carbonyl (C=O) groups excluding carboxylic acids is 5. The van der Waals surface area contributed by atoms with E-state index in [-0.39, 0.29) is 68.8 Å². The molecule has 6 rings (SSSR count). The lowest BCUT2D eigenvalue weighted by molar-refractivity contribution is -0.135. The van der Waals surface area contributed by atoms with Gasteiger partial charge in [-0.15, -0.1) is 11.3 Å². The molecule has 1 fully saturated rings. The summed E-state index contributed by atoms with van der Waals surface area (Å²) in [5.74, 6) is -1.01. The number of aliphatic hydroxyl groups is 1. The van der Waals surface area contributed by atoms with Crippen molar-refractivity contribution >= 4 is 80.0 Å². The maximum Gasteiger partial charge on any atom is 0.248 e. The van der Waals surface area contributed by atoms with Gasteiger partial charge in [0.05, 0.1) is 52.7 Å². The Labute approximate surface area is 367 Å². The van der Waals surface area contributed by atoms with Crippen LogP contribution in [0.5, 0.6) is 0 Å². The van der Waals surface area contributed by atoms with E-state index in [4.69, 9.17) is 32.7 Å². The number of thiophene rings is 1. The molecular formula is C41H51Cl2N9O8S. The van der Waals surface area contributed by atoms with Gasteiger partial charge in [0.1, 0.15) is 19.7 Å². The zero-order valence-electron chi connectivity index (χ0n) is 34.2. The van der Waals surface area contributed by atoms with E-state index in [0.29, 0.717) is 92.1 Å². The van der Waals surface area contributed by atoms with Crippen molar-refractivity contribution in [2.24, 2.45) is 0 Å². The number of piperazine rings is 1. The second kappa shape index (κ2) is 21.8. The largest absolute Gasteiger partial charge is 0.387 e. The lowest BCUT2D eigenvalue weighted by Gasteiger charge is -2.33. The van der Waals surface area contributed by atoms with Crippen molar-refractivity contribution in [2.75, 3.05) is 97.8 Å². The lowest BCUT2D eigenvalue weighted by Crippen LogP contribution is -2.51. The van der Waals surface area contributed by atoms with Crippen molar-refractivity contribution in [1.82, 2.24) is 40.1 Å². The summed E-state index contributed by atoms with van der Waals surface area (Å²) in [5.41, 5.74) is 3.77. The van der Waals surface area contributed by atoms with E-state index >= 15 is 0 Å². The van der Waals surface area contributed by atoms with Gasteiger partial charge in [-0.1, -0.05) is 29.3 Å². The summed E-state index contributed by atoms with van der Waals surface area (Å²) in [4.78, 5) is 73.7. The number of amides is 5. The van der Waals surface area contributed by atoms with Gasteiger partial charge in [0.15, 0.2) is 0 Å². The summed E-state index contributed by atoms with van der Waals surface area (Å²) >= 11 is 14.6. The normalized spacial score (nSPS) is 14.4. The topological polar surface area (TPSA) is 195 Å². The molecule has 0 spiro atoms. The number of fused-ring (bicyclic) bond motifs is 3. The number of aromatic amines is 1. The first-order chi connectivity index (χ1) is 29.4. The number of ether oxygens (including phenoxy) is 2. The van der Waals surface area contributed by atoms with Crippen molar-refractivity contribution in [2.45, 2.75) is 32.4 Å². The average Bonchev–Trinajstić information content (AvgIpc) is 4.00. The summed E-state index contributed by atoms with van der Waals surface area (Å²) < 4.78 is 12.6. The van der Waals surface area contributed by atoms with E-state index in [1.807, 2.05) is 31.1 Å². The molecule has 5 amide bonds. The third-order valence-corrected chi connectivity index (χ3v) is 12.1. The highest BCUT2D eigenvalue weighted by atomic mass is 35.5. The van der Waals surface area contributed by atoms with Crippen LogP contribution in [0.3, 0.4) is 0 Å². The maximum atomic E-state index is 12.8. The van der Waals surface area contributed by atoms with Crippen LogP contribution in [-0.4, -0.2) is 157 Å². The fraction of sp³-hybridized carbons (Fsp3) is 0.463. The molecule has 2 aliphatic heterocycles. The van der Waals surface area contributed by atoms with E-state index in [1.165, 1.54) is 22.1 Å². The van der Waals surface area contributed by atoms with Crippen LogP contribution in [0, 0.1) is 0 Å². The monoisotopic (exact) mass is 899 g/mol. The quantitative estimate of drug-likeness (QED) is 0.0757. The second-order valence-corrected chi connectivity index (χ2v) is 16.7. The minimum absolute atomic E-state index is 0.0208. The van der Waals surface area contributed by atoms with Gasteiger partial charge in [-0.3, -0.25) is 28.7 Å². The van der Waals surface area contributed by atoms with Crippen molar-refractivity contribution in [3.05, 3.63) is 68.8 Å². The zero-order chi connectivity index (χ0) is 43.5. The van der Waals surface area contributed by atoms with Gasteiger partial charge < -0.3 is 49.8 Å². The number of H-pyrrole nitrogens is 1. The van der Waals surface area contributed by atoms with Crippen LogP contribution in [0.15, 0.2) is 42.6 Å². The smallest absolute Gasteiger partial charge is 0.248 e. The van der Waals surface area contributed by atoms with Gasteiger partial charge in [-0.05, 0) is 44.8 Å². The van der Waals surface area contributed by atoms with Crippen LogP contribution in [0.25, 0.3) is 22.2 Å². The Kier molecular flexibility index (Phi) is 16.3. The molecule has 61 heavy (non-hydrogen) atoms. The number of aromatic nitrogens is 3. The minimum atomic E-state index is -0.566. The number of likely N-dealkylation sites (N-methyl/N-ethyl adjacent to an activating group) is 1. The molecule has 1 saturated heterocycles. The Morgan fingerprint density at radius 1 is 0.984 bits per heavy atom.